The molecule has 156 valence electrons. The standard InChI is InChI=1S/C22H22N8S/c1-2-4-15(3-1)23-11-17-13-31-22(26-17)19-12-30-21(27-19)8-7-20(29-30)25-16-5-6-18-14(9-16)10-24-28-18/h5-10,12-13,15,23H,1-4,11H2,(H,24,28)(H,25,29). The molecule has 1 aromatic carbocycles. The lowest BCUT2D eigenvalue weighted by Gasteiger charge is -2.09. The van der Waals surface area contributed by atoms with Crippen LogP contribution in [0, 0.1) is 0 Å². The van der Waals surface area contributed by atoms with Crippen LogP contribution in [0.2, 0.25) is 0 Å². The largest absolute Gasteiger partial charge is 0.339 e. The van der Waals surface area contributed by atoms with Crippen molar-refractivity contribution >= 4 is 39.4 Å². The lowest BCUT2D eigenvalue weighted by atomic mass is 10.2. The van der Waals surface area contributed by atoms with E-state index in [0.29, 0.717) is 6.04 Å². The number of nitrogens with one attached hydrogen (secondary N) is 3. The molecule has 8 nitrogen and oxygen atoms in total. The number of nitrogens with zero attached hydrogens (tertiary/aromatic N) is 5. The van der Waals surface area contributed by atoms with Gasteiger partial charge in [-0.05, 0) is 43.2 Å². The summed E-state index contributed by atoms with van der Waals surface area (Å²) in [4.78, 5) is 9.48. The summed E-state index contributed by atoms with van der Waals surface area (Å²) in [6.45, 7) is 0.821. The van der Waals surface area contributed by atoms with E-state index in [-0.39, 0.29) is 0 Å². The van der Waals surface area contributed by atoms with Gasteiger partial charge in [-0.15, -0.1) is 16.4 Å². The molecule has 1 fully saturated rings. The van der Waals surface area contributed by atoms with Gasteiger partial charge in [0.05, 0.1) is 23.6 Å². The van der Waals surface area contributed by atoms with Gasteiger partial charge in [-0.3, -0.25) is 5.10 Å². The summed E-state index contributed by atoms with van der Waals surface area (Å²) in [7, 11) is 0. The van der Waals surface area contributed by atoms with E-state index in [0.717, 1.165) is 51.0 Å². The number of hydrogen-bond donors (Lipinski definition) is 3. The maximum Gasteiger partial charge on any atom is 0.154 e. The van der Waals surface area contributed by atoms with Crippen LogP contribution >= 0.6 is 11.3 Å². The smallest absolute Gasteiger partial charge is 0.154 e. The Morgan fingerprint density at radius 1 is 1.13 bits per heavy atom. The summed E-state index contributed by atoms with van der Waals surface area (Å²) in [5.74, 6) is 0.750. The van der Waals surface area contributed by atoms with Crippen LogP contribution in [-0.4, -0.2) is 35.8 Å². The second-order valence-electron chi connectivity index (χ2n) is 7.95. The SMILES string of the molecule is c1cc2[nH]ncc2cc1Nc1ccc2nc(-c3nc(CNC4CCCC4)cs3)cn2n1. The Balaban J connectivity index is 1.20. The number of benzene rings is 1. The number of fused-ring (bicyclic) bond motifs is 2. The number of rotatable bonds is 6. The van der Waals surface area contributed by atoms with E-state index >= 15 is 0 Å². The highest BCUT2D eigenvalue weighted by molar-refractivity contribution is 7.13. The van der Waals surface area contributed by atoms with E-state index in [1.54, 1.807) is 15.9 Å². The number of imidazole rings is 1. The molecule has 0 unspecified atom stereocenters. The van der Waals surface area contributed by atoms with Crippen LogP contribution in [-0.2, 0) is 6.54 Å². The summed E-state index contributed by atoms with van der Waals surface area (Å²) in [6, 6.07) is 10.6. The van der Waals surface area contributed by atoms with Crippen molar-refractivity contribution in [1.82, 2.24) is 35.1 Å². The third kappa shape index (κ3) is 3.77. The van der Waals surface area contributed by atoms with Gasteiger partial charge in [-0.2, -0.15) is 5.10 Å². The van der Waals surface area contributed by atoms with Crippen LogP contribution in [0.3, 0.4) is 0 Å². The predicted octanol–water partition coefficient (Wildman–Crippen LogP) is 4.50. The Morgan fingerprint density at radius 3 is 3.00 bits per heavy atom. The Morgan fingerprint density at radius 2 is 2.06 bits per heavy atom. The summed E-state index contributed by atoms with van der Waals surface area (Å²) in [6.07, 6.45) is 8.98. The van der Waals surface area contributed by atoms with E-state index in [1.807, 2.05) is 42.7 Å². The van der Waals surface area contributed by atoms with E-state index in [2.05, 4.69) is 31.3 Å². The molecule has 1 aliphatic rings. The second kappa shape index (κ2) is 7.75. The molecule has 0 amide bonds. The van der Waals surface area contributed by atoms with Gasteiger partial charge in [0.2, 0.25) is 0 Å². The number of aromatic nitrogens is 6. The van der Waals surface area contributed by atoms with Gasteiger partial charge < -0.3 is 10.6 Å². The van der Waals surface area contributed by atoms with E-state index in [4.69, 9.17) is 9.97 Å². The van der Waals surface area contributed by atoms with Gasteiger partial charge in [0.15, 0.2) is 11.5 Å². The second-order valence-corrected chi connectivity index (χ2v) is 8.81. The molecule has 5 aromatic rings. The van der Waals surface area contributed by atoms with Crippen molar-refractivity contribution in [3.05, 3.63) is 53.8 Å². The average Bonchev–Trinajstić information content (AvgIpc) is 3.58. The first-order chi connectivity index (χ1) is 15.3. The zero-order valence-electron chi connectivity index (χ0n) is 16.9. The Bertz CT molecular complexity index is 1340. The molecule has 0 atom stereocenters. The van der Waals surface area contributed by atoms with Crippen molar-refractivity contribution in [3.63, 3.8) is 0 Å². The average molecular weight is 431 g/mol. The summed E-state index contributed by atoms with van der Waals surface area (Å²) >= 11 is 1.63. The minimum absolute atomic E-state index is 0.643. The molecule has 6 rings (SSSR count). The molecule has 0 saturated heterocycles. The zero-order chi connectivity index (χ0) is 20.6. The monoisotopic (exact) mass is 430 g/mol. The fourth-order valence-electron chi connectivity index (χ4n) is 4.10. The van der Waals surface area contributed by atoms with Crippen molar-refractivity contribution in [2.45, 2.75) is 38.3 Å². The van der Waals surface area contributed by atoms with E-state index in [1.165, 1.54) is 25.7 Å². The van der Waals surface area contributed by atoms with Crippen LogP contribution < -0.4 is 10.6 Å². The Labute approximate surface area is 182 Å². The topological polar surface area (TPSA) is 95.8 Å². The Kier molecular flexibility index (Phi) is 4.62. The fraction of sp³-hybridized carbons (Fsp3) is 0.273. The van der Waals surface area contributed by atoms with Crippen LogP contribution in [0.1, 0.15) is 31.4 Å². The zero-order valence-corrected chi connectivity index (χ0v) is 17.7. The Hall–Kier alpha value is -3.30. The van der Waals surface area contributed by atoms with Gasteiger partial charge in [0.25, 0.3) is 0 Å². The van der Waals surface area contributed by atoms with Crippen molar-refractivity contribution in [3.8, 4) is 10.7 Å². The van der Waals surface area contributed by atoms with Crippen molar-refractivity contribution in [1.29, 1.82) is 0 Å². The van der Waals surface area contributed by atoms with Crippen LogP contribution in [0.15, 0.2) is 48.1 Å². The molecule has 31 heavy (non-hydrogen) atoms. The fourth-order valence-corrected chi connectivity index (χ4v) is 4.88. The quantitative estimate of drug-likeness (QED) is 0.367. The molecule has 0 bridgehead atoms. The third-order valence-corrected chi connectivity index (χ3v) is 6.64. The van der Waals surface area contributed by atoms with Crippen LogP contribution in [0.25, 0.3) is 27.3 Å². The molecular weight excluding hydrogens is 408 g/mol. The van der Waals surface area contributed by atoms with Gasteiger partial charge in [0, 0.05) is 29.0 Å². The van der Waals surface area contributed by atoms with E-state index < -0.39 is 0 Å². The number of aromatic amines is 1. The molecule has 0 radical (unpaired) electrons. The molecule has 0 spiro atoms. The molecule has 1 aliphatic carbocycles. The van der Waals surface area contributed by atoms with Crippen LogP contribution in [0.5, 0.6) is 0 Å². The predicted molar refractivity (Wildman–Crippen MR) is 123 cm³/mol. The molecule has 0 aliphatic heterocycles. The highest BCUT2D eigenvalue weighted by Gasteiger charge is 2.15. The lowest BCUT2D eigenvalue weighted by Crippen LogP contribution is -2.25. The summed E-state index contributed by atoms with van der Waals surface area (Å²) in [5.41, 5.74) is 4.69. The molecule has 4 aromatic heterocycles. The summed E-state index contributed by atoms with van der Waals surface area (Å²) in [5, 5.41) is 22.8. The first kappa shape index (κ1) is 18.5. The maximum absolute atomic E-state index is 4.78. The first-order valence-electron chi connectivity index (χ1n) is 10.5. The minimum Gasteiger partial charge on any atom is -0.339 e. The van der Waals surface area contributed by atoms with Gasteiger partial charge >= 0.3 is 0 Å². The molecular formula is C22H22N8S. The first-order valence-corrected chi connectivity index (χ1v) is 11.4. The maximum atomic E-state index is 4.78. The van der Waals surface area contributed by atoms with Crippen molar-refractivity contribution in [2.24, 2.45) is 0 Å². The van der Waals surface area contributed by atoms with Crippen LogP contribution in [0.4, 0.5) is 11.5 Å². The van der Waals surface area contributed by atoms with Gasteiger partial charge in [-0.1, -0.05) is 12.8 Å². The highest BCUT2D eigenvalue weighted by Crippen LogP contribution is 2.25. The van der Waals surface area contributed by atoms with Gasteiger partial charge in [0.1, 0.15) is 10.7 Å². The highest BCUT2D eigenvalue weighted by atomic mass is 32.1. The molecule has 3 N–H and O–H groups in total. The number of hydrogen-bond acceptors (Lipinski definition) is 7. The molecule has 4 heterocycles. The number of anilines is 2. The normalized spacial score (nSPS) is 14.7. The third-order valence-electron chi connectivity index (χ3n) is 5.73. The van der Waals surface area contributed by atoms with Crippen molar-refractivity contribution < 1.29 is 0 Å². The summed E-state index contributed by atoms with van der Waals surface area (Å²) < 4.78 is 1.80. The molecule has 9 heteroatoms. The number of thiazole rings is 1. The lowest BCUT2D eigenvalue weighted by molar-refractivity contribution is 0.520. The van der Waals surface area contributed by atoms with Crippen molar-refractivity contribution in [2.75, 3.05) is 5.32 Å². The number of H-pyrrole nitrogens is 1. The van der Waals surface area contributed by atoms with Gasteiger partial charge in [-0.25, -0.2) is 14.5 Å². The van der Waals surface area contributed by atoms with E-state index in [9.17, 15) is 0 Å². The minimum atomic E-state index is 0.643. The molecule has 1 saturated carbocycles.